The molecule has 1 aliphatic heterocycles. The first-order chi connectivity index (χ1) is 9.76. The highest BCUT2D eigenvalue weighted by atomic mass is 16.6. The monoisotopic (exact) mass is 293 g/mol. The van der Waals surface area contributed by atoms with Crippen LogP contribution in [-0.4, -0.2) is 39.9 Å². The van der Waals surface area contributed by atoms with Gasteiger partial charge in [0.2, 0.25) is 0 Å². The van der Waals surface area contributed by atoms with Gasteiger partial charge < -0.3 is 19.8 Å². The highest BCUT2D eigenvalue weighted by Gasteiger charge is 2.33. The summed E-state index contributed by atoms with van der Waals surface area (Å²) in [6, 6.07) is 6.60. The molecule has 2 N–H and O–H groups in total. The molecular formula is C16H23NO4. The number of benzene rings is 1. The van der Waals surface area contributed by atoms with Crippen molar-refractivity contribution in [3.8, 4) is 5.75 Å². The topological polar surface area (TPSA) is 70.0 Å². The normalized spacial score (nSPS) is 20.4. The fourth-order valence-electron chi connectivity index (χ4n) is 2.52. The van der Waals surface area contributed by atoms with Crippen LogP contribution >= 0.6 is 0 Å². The predicted molar refractivity (Wildman–Crippen MR) is 79.0 cm³/mol. The molecule has 1 saturated heterocycles. The van der Waals surface area contributed by atoms with Crippen LogP contribution in [0.1, 0.15) is 38.9 Å². The van der Waals surface area contributed by atoms with Gasteiger partial charge in [0.25, 0.3) is 0 Å². The van der Waals surface area contributed by atoms with Crippen LogP contribution in [0.5, 0.6) is 5.75 Å². The summed E-state index contributed by atoms with van der Waals surface area (Å²) in [6.07, 6.45) is -0.312. The van der Waals surface area contributed by atoms with E-state index in [9.17, 15) is 15.0 Å². The Morgan fingerprint density at radius 3 is 2.76 bits per heavy atom. The van der Waals surface area contributed by atoms with E-state index in [1.54, 1.807) is 29.2 Å². The van der Waals surface area contributed by atoms with E-state index in [1.807, 2.05) is 20.8 Å². The average molecular weight is 293 g/mol. The number of nitrogens with zero attached hydrogens (tertiary/aromatic N) is 1. The number of ether oxygens (including phenoxy) is 1. The van der Waals surface area contributed by atoms with Crippen molar-refractivity contribution in [3.05, 3.63) is 29.8 Å². The highest BCUT2D eigenvalue weighted by molar-refractivity contribution is 5.68. The first kappa shape index (κ1) is 15.6. The number of phenols is 1. The van der Waals surface area contributed by atoms with Crippen LogP contribution in [0, 0.1) is 5.92 Å². The third kappa shape index (κ3) is 4.11. The summed E-state index contributed by atoms with van der Waals surface area (Å²) in [5.74, 6) is 0.0906. The zero-order chi connectivity index (χ0) is 15.6. The molecule has 1 fully saturated rings. The van der Waals surface area contributed by atoms with Gasteiger partial charge in [-0.25, -0.2) is 4.79 Å². The molecule has 1 aromatic carbocycles. The molecule has 1 amide bonds. The van der Waals surface area contributed by atoms with Crippen molar-refractivity contribution >= 4 is 6.09 Å². The molecule has 0 saturated carbocycles. The standard InChI is InChI=1S/C16H23NO4/c1-16(2,3)21-15(20)17-8-7-12(10-17)14(19)11-5-4-6-13(18)9-11/h4-6,9,12,14,18-19H,7-8,10H2,1-3H3. The third-order valence-electron chi connectivity index (χ3n) is 3.53. The maximum absolute atomic E-state index is 12.0. The molecule has 2 atom stereocenters. The lowest BCUT2D eigenvalue weighted by Crippen LogP contribution is -2.35. The van der Waals surface area contributed by atoms with Gasteiger partial charge in [0.15, 0.2) is 0 Å². The molecule has 0 bridgehead atoms. The Balaban J connectivity index is 1.97. The summed E-state index contributed by atoms with van der Waals surface area (Å²) in [7, 11) is 0. The summed E-state index contributed by atoms with van der Waals surface area (Å²) in [4.78, 5) is 13.6. The van der Waals surface area contributed by atoms with Crippen molar-refractivity contribution in [2.24, 2.45) is 5.92 Å². The lowest BCUT2D eigenvalue weighted by molar-refractivity contribution is 0.0268. The van der Waals surface area contributed by atoms with Gasteiger partial charge >= 0.3 is 6.09 Å². The number of likely N-dealkylation sites (tertiary alicyclic amines) is 1. The second kappa shape index (κ2) is 5.93. The number of carbonyl (C=O) groups is 1. The minimum Gasteiger partial charge on any atom is -0.508 e. The van der Waals surface area contributed by atoms with Crippen LogP contribution in [0.15, 0.2) is 24.3 Å². The minimum absolute atomic E-state index is 0.0423. The summed E-state index contributed by atoms with van der Waals surface area (Å²) < 4.78 is 5.34. The van der Waals surface area contributed by atoms with E-state index in [2.05, 4.69) is 0 Å². The van der Waals surface area contributed by atoms with Gasteiger partial charge in [0.1, 0.15) is 11.4 Å². The molecule has 1 heterocycles. The molecule has 2 rings (SSSR count). The summed E-state index contributed by atoms with van der Waals surface area (Å²) >= 11 is 0. The summed E-state index contributed by atoms with van der Waals surface area (Å²) in [6.45, 7) is 6.54. The van der Waals surface area contributed by atoms with Crippen molar-refractivity contribution in [2.75, 3.05) is 13.1 Å². The maximum atomic E-state index is 12.0. The minimum atomic E-state index is -0.690. The molecule has 1 aliphatic rings. The molecule has 0 aromatic heterocycles. The van der Waals surface area contributed by atoms with Crippen molar-refractivity contribution in [2.45, 2.75) is 38.9 Å². The Bertz CT molecular complexity index is 509. The van der Waals surface area contributed by atoms with E-state index < -0.39 is 11.7 Å². The fourth-order valence-corrected chi connectivity index (χ4v) is 2.52. The molecule has 0 spiro atoms. The molecule has 5 nitrogen and oxygen atoms in total. The zero-order valence-electron chi connectivity index (χ0n) is 12.7. The molecule has 2 unspecified atom stereocenters. The average Bonchev–Trinajstić information content (AvgIpc) is 2.85. The molecule has 0 aliphatic carbocycles. The lowest BCUT2D eigenvalue weighted by Gasteiger charge is -2.25. The van der Waals surface area contributed by atoms with Gasteiger partial charge in [-0.3, -0.25) is 0 Å². The van der Waals surface area contributed by atoms with E-state index in [1.165, 1.54) is 0 Å². The van der Waals surface area contributed by atoms with Crippen molar-refractivity contribution in [1.82, 2.24) is 4.90 Å². The number of carbonyl (C=O) groups excluding carboxylic acids is 1. The zero-order valence-corrected chi connectivity index (χ0v) is 12.7. The number of aliphatic hydroxyl groups excluding tert-OH is 1. The second-order valence-corrected chi connectivity index (χ2v) is 6.51. The number of aromatic hydroxyl groups is 1. The number of hydrogen-bond acceptors (Lipinski definition) is 4. The van der Waals surface area contributed by atoms with E-state index in [4.69, 9.17) is 4.74 Å². The Morgan fingerprint density at radius 2 is 2.14 bits per heavy atom. The van der Waals surface area contributed by atoms with E-state index >= 15 is 0 Å². The van der Waals surface area contributed by atoms with E-state index in [-0.39, 0.29) is 17.8 Å². The number of aliphatic hydroxyl groups is 1. The Hall–Kier alpha value is -1.75. The van der Waals surface area contributed by atoms with Crippen LogP contribution in [-0.2, 0) is 4.74 Å². The Morgan fingerprint density at radius 1 is 1.43 bits per heavy atom. The summed E-state index contributed by atoms with van der Waals surface area (Å²) in [5.41, 5.74) is 0.157. The number of hydrogen-bond donors (Lipinski definition) is 2. The van der Waals surface area contributed by atoms with Gasteiger partial charge in [-0.1, -0.05) is 12.1 Å². The SMILES string of the molecule is CC(C)(C)OC(=O)N1CCC(C(O)c2cccc(O)c2)C1. The Labute approximate surface area is 125 Å². The smallest absolute Gasteiger partial charge is 0.410 e. The third-order valence-corrected chi connectivity index (χ3v) is 3.53. The van der Waals surface area contributed by atoms with Gasteiger partial charge in [-0.05, 0) is 44.9 Å². The van der Waals surface area contributed by atoms with Gasteiger partial charge in [0.05, 0.1) is 6.10 Å². The number of rotatable bonds is 2. The quantitative estimate of drug-likeness (QED) is 0.879. The van der Waals surface area contributed by atoms with Crippen LogP contribution in [0.25, 0.3) is 0 Å². The first-order valence-corrected chi connectivity index (χ1v) is 7.21. The maximum Gasteiger partial charge on any atom is 0.410 e. The van der Waals surface area contributed by atoms with Crippen molar-refractivity contribution < 1.29 is 19.7 Å². The number of amides is 1. The van der Waals surface area contributed by atoms with Crippen LogP contribution < -0.4 is 0 Å². The van der Waals surface area contributed by atoms with Gasteiger partial charge in [-0.15, -0.1) is 0 Å². The molecular weight excluding hydrogens is 270 g/mol. The predicted octanol–water partition coefficient (Wildman–Crippen LogP) is 2.68. The molecule has 0 radical (unpaired) electrons. The molecule has 21 heavy (non-hydrogen) atoms. The van der Waals surface area contributed by atoms with E-state index in [0.717, 1.165) is 6.42 Å². The second-order valence-electron chi connectivity index (χ2n) is 6.51. The van der Waals surface area contributed by atoms with Crippen LogP contribution in [0.4, 0.5) is 4.79 Å². The highest BCUT2D eigenvalue weighted by Crippen LogP contribution is 2.31. The van der Waals surface area contributed by atoms with Crippen molar-refractivity contribution in [1.29, 1.82) is 0 Å². The largest absolute Gasteiger partial charge is 0.508 e. The van der Waals surface area contributed by atoms with Gasteiger partial charge in [-0.2, -0.15) is 0 Å². The fraction of sp³-hybridized carbons (Fsp3) is 0.562. The van der Waals surface area contributed by atoms with Gasteiger partial charge in [0, 0.05) is 19.0 Å². The van der Waals surface area contributed by atoms with Crippen LogP contribution in [0.3, 0.4) is 0 Å². The van der Waals surface area contributed by atoms with Crippen LogP contribution in [0.2, 0.25) is 0 Å². The molecule has 1 aromatic rings. The summed E-state index contributed by atoms with van der Waals surface area (Å²) in [5, 5.41) is 19.9. The Kier molecular flexibility index (Phi) is 4.42. The van der Waals surface area contributed by atoms with E-state index in [0.29, 0.717) is 18.7 Å². The lowest BCUT2D eigenvalue weighted by atomic mass is 9.95. The number of phenolic OH excluding ortho intramolecular Hbond substituents is 1. The molecule has 116 valence electrons. The van der Waals surface area contributed by atoms with Crippen molar-refractivity contribution in [3.63, 3.8) is 0 Å². The molecule has 5 heteroatoms. The first-order valence-electron chi connectivity index (χ1n) is 7.21.